The van der Waals surface area contributed by atoms with Gasteiger partial charge in [-0.3, -0.25) is 9.59 Å². The molecule has 0 spiro atoms. The molecule has 0 saturated heterocycles. The van der Waals surface area contributed by atoms with E-state index >= 15 is 0 Å². The fourth-order valence-corrected chi connectivity index (χ4v) is 2.92. The first-order chi connectivity index (χ1) is 12.1. The number of nitrogens with zero attached hydrogens (tertiary/aromatic N) is 2. The predicted molar refractivity (Wildman–Crippen MR) is 94.1 cm³/mol. The summed E-state index contributed by atoms with van der Waals surface area (Å²) in [6.07, 6.45) is 9.36. The summed E-state index contributed by atoms with van der Waals surface area (Å²) in [6, 6.07) is 9.77. The molecule has 25 heavy (non-hydrogen) atoms. The second kappa shape index (κ2) is 7.18. The molecule has 0 saturated carbocycles. The first-order valence-corrected chi connectivity index (χ1v) is 8.17. The Balaban J connectivity index is 1.53. The van der Waals surface area contributed by atoms with Crippen molar-refractivity contribution in [3.63, 3.8) is 0 Å². The maximum Gasteiger partial charge on any atom is 0.224 e. The van der Waals surface area contributed by atoms with Gasteiger partial charge in [0.2, 0.25) is 11.8 Å². The van der Waals surface area contributed by atoms with Crippen molar-refractivity contribution >= 4 is 17.5 Å². The van der Waals surface area contributed by atoms with Crippen LogP contribution in [0.15, 0.2) is 42.7 Å². The lowest BCUT2D eigenvalue weighted by molar-refractivity contribution is -0.671. The Labute approximate surface area is 147 Å². The van der Waals surface area contributed by atoms with Crippen molar-refractivity contribution in [1.82, 2.24) is 4.90 Å². The number of hydrogen-bond donors (Lipinski definition) is 1. The van der Waals surface area contributed by atoms with E-state index in [-0.39, 0.29) is 24.7 Å². The fraction of sp³-hybridized carbons (Fsp3) is 0.250. The van der Waals surface area contributed by atoms with Gasteiger partial charge in [0.05, 0.1) is 5.69 Å². The van der Waals surface area contributed by atoms with E-state index in [0.29, 0.717) is 24.3 Å². The van der Waals surface area contributed by atoms with Gasteiger partial charge in [-0.25, -0.2) is 4.57 Å². The highest BCUT2D eigenvalue weighted by atomic mass is 16.2. The summed E-state index contributed by atoms with van der Waals surface area (Å²) in [5, 5.41) is 2.79. The zero-order valence-corrected chi connectivity index (χ0v) is 14.2. The molecular formula is C20H20N3O2+. The van der Waals surface area contributed by atoms with Crippen molar-refractivity contribution in [1.29, 1.82) is 0 Å². The zero-order chi connectivity index (χ0) is 17.8. The molecule has 0 radical (unpaired) electrons. The summed E-state index contributed by atoms with van der Waals surface area (Å²) < 4.78 is 1.82. The topological polar surface area (TPSA) is 53.3 Å². The summed E-state index contributed by atoms with van der Waals surface area (Å²) in [5.74, 6) is 2.33. The SMILES string of the molecule is C#Cc1c[n+](C)ccc1NC(=O)CCC(=O)N1Cc2ccccc2C1. The molecule has 1 aliphatic heterocycles. The summed E-state index contributed by atoms with van der Waals surface area (Å²) in [7, 11) is 1.86. The molecule has 0 atom stereocenters. The number of rotatable bonds is 4. The minimum Gasteiger partial charge on any atom is -0.334 e. The summed E-state index contributed by atoms with van der Waals surface area (Å²) in [6.45, 7) is 1.24. The van der Waals surface area contributed by atoms with Gasteiger partial charge in [0, 0.05) is 32.0 Å². The van der Waals surface area contributed by atoms with E-state index in [4.69, 9.17) is 6.42 Å². The Hall–Kier alpha value is -3.13. The van der Waals surface area contributed by atoms with Crippen molar-refractivity contribution < 1.29 is 14.2 Å². The van der Waals surface area contributed by atoms with Gasteiger partial charge in [-0.15, -0.1) is 6.42 Å². The molecular weight excluding hydrogens is 314 g/mol. The predicted octanol–water partition coefficient (Wildman–Crippen LogP) is 1.75. The van der Waals surface area contributed by atoms with Crippen LogP contribution in [0.1, 0.15) is 29.5 Å². The molecule has 0 aliphatic carbocycles. The third-order valence-corrected chi connectivity index (χ3v) is 4.29. The molecule has 1 N–H and O–H groups in total. The monoisotopic (exact) mass is 334 g/mol. The number of terminal acetylenes is 1. The van der Waals surface area contributed by atoms with Crippen LogP contribution in [0.25, 0.3) is 0 Å². The van der Waals surface area contributed by atoms with Crippen LogP contribution < -0.4 is 9.88 Å². The number of anilines is 1. The smallest absolute Gasteiger partial charge is 0.224 e. The largest absolute Gasteiger partial charge is 0.334 e. The number of aryl methyl sites for hydroxylation is 1. The molecule has 5 heteroatoms. The number of pyridine rings is 1. The summed E-state index contributed by atoms with van der Waals surface area (Å²) in [5.41, 5.74) is 3.55. The van der Waals surface area contributed by atoms with Crippen LogP contribution in [0.3, 0.4) is 0 Å². The Bertz CT molecular complexity index is 842. The van der Waals surface area contributed by atoms with E-state index in [0.717, 1.165) is 0 Å². The normalized spacial score (nSPS) is 12.4. The highest BCUT2D eigenvalue weighted by Gasteiger charge is 2.23. The maximum atomic E-state index is 12.3. The molecule has 1 aromatic heterocycles. The van der Waals surface area contributed by atoms with Crippen LogP contribution in [0.4, 0.5) is 5.69 Å². The third kappa shape index (κ3) is 3.86. The molecule has 0 bridgehead atoms. The molecule has 2 heterocycles. The summed E-state index contributed by atoms with van der Waals surface area (Å²) in [4.78, 5) is 26.3. The van der Waals surface area contributed by atoms with Gasteiger partial charge in [-0.1, -0.05) is 30.2 Å². The minimum atomic E-state index is -0.213. The average Bonchev–Trinajstić information content (AvgIpc) is 3.05. The van der Waals surface area contributed by atoms with Crippen LogP contribution in [-0.2, 0) is 29.7 Å². The number of aromatic nitrogens is 1. The molecule has 0 unspecified atom stereocenters. The Morgan fingerprint density at radius 2 is 1.88 bits per heavy atom. The number of nitrogens with one attached hydrogen (secondary N) is 1. The molecule has 2 amide bonds. The number of benzene rings is 1. The molecule has 126 valence electrons. The van der Waals surface area contributed by atoms with Crippen LogP contribution in [-0.4, -0.2) is 16.7 Å². The third-order valence-electron chi connectivity index (χ3n) is 4.29. The van der Waals surface area contributed by atoms with Crippen LogP contribution in [0.5, 0.6) is 0 Å². The zero-order valence-electron chi connectivity index (χ0n) is 14.2. The van der Waals surface area contributed by atoms with E-state index in [2.05, 4.69) is 11.2 Å². The van der Waals surface area contributed by atoms with E-state index in [9.17, 15) is 9.59 Å². The Morgan fingerprint density at radius 3 is 2.52 bits per heavy atom. The second-order valence-electron chi connectivity index (χ2n) is 6.15. The van der Waals surface area contributed by atoms with Gasteiger partial charge in [-0.05, 0) is 11.1 Å². The Morgan fingerprint density at radius 1 is 1.20 bits per heavy atom. The van der Waals surface area contributed by atoms with Crippen molar-refractivity contribution in [2.45, 2.75) is 25.9 Å². The van der Waals surface area contributed by atoms with E-state index < -0.39 is 0 Å². The quantitative estimate of drug-likeness (QED) is 0.684. The minimum absolute atomic E-state index is 0.0111. The van der Waals surface area contributed by atoms with Gasteiger partial charge in [-0.2, -0.15) is 0 Å². The number of fused-ring (bicyclic) bond motifs is 1. The lowest BCUT2D eigenvalue weighted by atomic mass is 10.1. The van der Waals surface area contributed by atoms with E-state index in [1.165, 1.54) is 11.1 Å². The second-order valence-corrected chi connectivity index (χ2v) is 6.15. The van der Waals surface area contributed by atoms with Crippen LogP contribution in [0, 0.1) is 12.3 Å². The van der Waals surface area contributed by atoms with Gasteiger partial charge in [0.1, 0.15) is 12.6 Å². The van der Waals surface area contributed by atoms with Gasteiger partial charge >= 0.3 is 0 Å². The van der Waals surface area contributed by atoms with Crippen LogP contribution in [0.2, 0.25) is 0 Å². The van der Waals surface area contributed by atoms with Crippen molar-refractivity contribution in [2.24, 2.45) is 7.05 Å². The first-order valence-electron chi connectivity index (χ1n) is 8.17. The van der Waals surface area contributed by atoms with Crippen LogP contribution >= 0.6 is 0 Å². The molecule has 3 rings (SSSR count). The van der Waals surface area contributed by atoms with Crippen molar-refractivity contribution in [3.8, 4) is 12.3 Å². The first kappa shape index (κ1) is 16.7. The molecule has 1 aliphatic rings. The molecule has 2 aromatic rings. The average molecular weight is 334 g/mol. The Kier molecular flexibility index (Phi) is 4.80. The number of amides is 2. The van der Waals surface area contributed by atoms with Gasteiger partial charge in [0.15, 0.2) is 12.4 Å². The fourth-order valence-electron chi connectivity index (χ4n) is 2.92. The highest BCUT2D eigenvalue weighted by Crippen LogP contribution is 2.23. The van der Waals surface area contributed by atoms with Crippen molar-refractivity contribution in [2.75, 3.05) is 5.32 Å². The highest BCUT2D eigenvalue weighted by molar-refractivity contribution is 5.94. The lowest BCUT2D eigenvalue weighted by Crippen LogP contribution is -2.28. The van der Waals surface area contributed by atoms with Gasteiger partial charge in [0.25, 0.3) is 0 Å². The van der Waals surface area contributed by atoms with E-state index in [1.54, 1.807) is 17.2 Å². The number of carbonyl (C=O) groups is 2. The molecule has 1 aromatic carbocycles. The molecule has 5 nitrogen and oxygen atoms in total. The number of carbonyl (C=O) groups excluding carboxylic acids is 2. The van der Waals surface area contributed by atoms with E-state index in [1.807, 2.05) is 42.1 Å². The van der Waals surface area contributed by atoms with Gasteiger partial charge < -0.3 is 10.2 Å². The lowest BCUT2D eigenvalue weighted by Gasteiger charge is -2.15. The standard InChI is InChI=1S/C20H19N3O2/c1-3-15-12-22(2)11-10-18(15)21-19(24)8-9-20(25)23-13-16-6-4-5-7-17(16)14-23/h1,4-7,10-12H,8-9,13-14H2,2H3/p+1. The molecule has 0 fully saturated rings. The maximum absolute atomic E-state index is 12.3. The summed E-state index contributed by atoms with van der Waals surface area (Å²) >= 11 is 0. The van der Waals surface area contributed by atoms with Crippen molar-refractivity contribution in [3.05, 3.63) is 59.4 Å². The number of hydrogen-bond acceptors (Lipinski definition) is 2.